The maximum atomic E-state index is 12.7. The van der Waals surface area contributed by atoms with Gasteiger partial charge >= 0.3 is 35.5 Å². The molecule has 0 unspecified atom stereocenters. The molecule has 0 bridgehead atoms. The molecular formula is C23H35NaO7. The van der Waals surface area contributed by atoms with Gasteiger partial charge in [-0.1, -0.05) is 38.9 Å². The summed E-state index contributed by atoms with van der Waals surface area (Å²) in [4.78, 5) is 23.3. The van der Waals surface area contributed by atoms with E-state index >= 15 is 0 Å². The Bertz CT molecular complexity index is 755. The van der Waals surface area contributed by atoms with Crippen LogP contribution in [0.5, 0.6) is 0 Å². The monoisotopic (exact) mass is 449 g/mol. The van der Waals surface area contributed by atoms with Gasteiger partial charge < -0.3 is 30.0 Å². The summed E-state index contributed by atoms with van der Waals surface area (Å²) >= 11 is 0. The van der Waals surface area contributed by atoms with E-state index in [0.29, 0.717) is 12.8 Å². The Kier molecular flexibility index (Phi) is 9.92. The zero-order valence-electron chi connectivity index (χ0n) is 21.6. The van der Waals surface area contributed by atoms with Gasteiger partial charge in [0.2, 0.25) is 0 Å². The number of hydrogen-bond acceptors (Lipinski definition) is 7. The molecule has 3 N–H and O–H groups in total. The van der Waals surface area contributed by atoms with Crippen LogP contribution in [-0.4, -0.2) is 51.7 Å². The number of carboxylic acid groups (broad SMARTS) is 1. The number of aliphatic hydroxyl groups excluding tert-OH is 3. The molecule has 31 heavy (non-hydrogen) atoms. The Morgan fingerprint density at radius 1 is 1.35 bits per heavy atom. The van der Waals surface area contributed by atoms with Crippen LogP contribution in [0.15, 0.2) is 23.8 Å². The van der Waals surface area contributed by atoms with E-state index < -0.39 is 55.5 Å². The van der Waals surface area contributed by atoms with E-state index in [4.69, 9.17) is 8.85 Å². The Balaban J connectivity index is 0.00000578. The van der Waals surface area contributed by atoms with Crippen LogP contribution < -0.4 is 34.7 Å². The van der Waals surface area contributed by atoms with Crippen molar-refractivity contribution in [2.24, 2.45) is 23.7 Å². The van der Waals surface area contributed by atoms with Crippen LogP contribution >= 0.6 is 0 Å². The fourth-order valence-corrected chi connectivity index (χ4v) is 4.48. The van der Waals surface area contributed by atoms with E-state index in [1.54, 1.807) is 13.0 Å². The van der Waals surface area contributed by atoms with Gasteiger partial charge in [0.1, 0.15) is 6.10 Å². The maximum absolute atomic E-state index is 12.7. The second kappa shape index (κ2) is 13.1. The summed E-state index contributed by atoms with van der Waals surface area (Å²) in [7, 11) is 0. The van der Waals surface area contributed by atoms with E-state index in [2.05, 4.69) is 0 Å². The molecule has 0 spiro atoms. The number of rotatable bonds is 10. The standard InChI is InChI=1S/C23H36O7.Na/c1-4-13(2)23(29)30-20-11-17(25)9-15-6-5-14(3)19(22(15)20)8-7-16(24)10-18(26)12-21(27)28;/h5-6,9,13-14,16-20,22,24-26H,4,7-8,10-12H2,1-3H3,(H,27,28);/q;+1/p-1/t13-,14-,16+,17+,18+,19-,20-,22-;/m0./s1/i2D3;. The number of allylic oxidation sites excluding steroid dienone is 2. The molecule has 0 aromatic rings. The molecule has 170 valence electrons. The van der Waals surface area contributed by atoms with Crippen molar-refractivity contribution in [1.29, 1.82) is 0 Å². The van der Waals surface area contributed by atoms with Gasteiger partial charge in [0, 0.05) is 28.8 Å². The molecule has 0 aromatic heterocycles. The Morgan fingerprint density at radius 2 is 2.06 bits per heavy atom. The SMILES string of the molecule is [2H]C([2H])([2H])[C@@H](CC)C(=O)O[C@H]1C[C@H](O)C=C2C=C[C@H](C)[C@H](CC[C@@H](O)C[C@@H](O)CC(=O)[O-])[C@H]21.[Na+]. The minimum atomic E-state index is -2.48. The second-order valence-electron chi connectivity index (χ2n) is 8.51. The predicted octanol–water partition coefficient (Wildman–Crippen LogP) is -1.89. The van der Waals surface area contributed by atoms with Crippen LogP contribution in [0.25, 0.3) is 0 Å². The number of esters is 1. The molecule has 0 aromatic carbocycles. The number of carboxylic acids is 1. The summed E-state index contributed by atoms with van der Waals surface area (Å²) in [5.41, 5.74) is 0.808. The molecule has 0 saturated heterocycles. The van der Waals surface area contributed by atoms with Crippen LogP contribution in [0.2, 0.25) is 0 Å². The first-order valence-corrected chi connectivity index (χ1v) is 10.7. The summed E-state index contributed by atoms with van der Waals surface area (Å²) in [5.74, 6) is -3.70. The third kappa shape index (κ3) is 8.30. The van der Waals surface area contributed by atoms with Gasteiger partial charge in [-0.3, -0.25) is 4.79 Å². The fourth-order valence-electron chi connectivity index (χ4n) is 4.48. The first kappa shape index (κ1) is 23.5. The van der Waals surface area contributed by atoms with Crippen LogP contribution in [0.1, 0.15) is 63.3 Å². The van der Waals surface area contributed by atoms with Gasteiger partial charge in [-0.2, -0.15) is 0 Å². The zero-order valence-corrected chi connectivity index (χ0v) is 20.6. The van der Waals surface area contributed by atoms with Crippen molar-refractivity contribution in [3.8, 4) is 0 Å². The van der Waals surface area contributed by atoms with Gasteiger partial charge in [0.15, 0.2) is 0 Å². The maximum Gasteiger partial charge on any atom is 1.00 e. The first-order valence-electron chi connectivity index (χ1n) is 12.2. The number of aliphatic hydroxyl groups is 3. The van der Waals surface area contributed by atoms with Crippen LogP contribution in [0.3, 0.4) is 0 Å². The number of carbonyl (C=O) groups is 2. The third-order valence-corrected chi connectivity index (χ3v) is 6.11. The Morgan fingerprint density at radius 3 is 2.68 bits per heavy atom. The van der Waals surface area contributed by atoms with Crippen molar-refractivity contribution in [3.63, 3.8) is 0 Å². The third-order valence-electron chi connectivity index (χ3n) is 6.11. The first-order chi connectivity index (χ1) is 15.3. The minimum Gasteiger partial charge on any atom is -0.550 e. The van der Waals surface area contributed by atoms with Gasteiger partial charge in [0.05, 0.1) is 24.2 Å². The Labute approximate surface area is 211 Å². The summed E-state index contributed by atoms with van der Waals surface area (Å²) in [5, 5.41) is 41.0. The van der Waals surface area contributed by atoms with E-state index in [9.17, 15) is 30.0 Å². The molecule has 7 nitrogen and oxygen atoms in total. The van der Waals surface area contributed by atoms with Crippen molar-refractivity contribution in [2.75, 3.05) is 0 Å². The molecule has 2 rings (SSSR count). The summed E-state index contributed by atoms with van der Waals surface area (Å²) < 4.78 is 28.5. The smallest absolute Gasteiger partial charge is 0.550 e. The largest absolute Gasteiger partial charge is 1.00 e. The number of aliphatic carboxylic acids is 1. The van der Waals surface area contributed by atoms with Crippen LogP contribution in [-0.2, 0) is 14.3 Å². The van der Waals surface area contributed by atoms with Crippen LogP contribution in [0.4, 0.5) is 0 Å². The average Bonchev–Trinajstić information content (AvgIpc) is 2.65. The quantitative estimate of drug-likeness (QED) is 0.263. The molecule has 8 atom stereocenters. The van der Waals surface area contributed by atoms with Crippen molar-refractivity contribution in [3.05, 3.63) is 23.8 Å². The zero-order chi connectivity index (χ0) is 24.9. The molecule has 2 aliphatic carbocycles. The van der Waals surface area contributed by atoms with E-state index in [1.165, 1.54) is 0 Å². The molecule has 0 saturated carbocycles. The van der Waals surface area contributed by atoms with Crippen molar-refractivity contribution < 1.29 is 68.4 Å². The summed E-state index contributed by atoms with van der Waals surface area (Å²) in [6.45, 7) is 1.13. The minimum absolute atomic E-state index is 0. The molecule has 0 fully saturated rings. The molecule has 0 amide bonds. The van der Waals surface area contributed by atoms with E-state index in [1.807, 2.05) is 19.1 Å². The number of fused-ring (bicyclic) bond motifs is 1. The van der Waals surface area contributed by atoms with Crippen LogP contribution in [0, 0.1) is 23.7 Å². The molecule has 2 aliphatic rings. The van der Waals surface area contributed by atoms with Crippen molar-refractivity contribution >= 4 is 11.9 Å². The number of hydrogen-bond donors (Lipinski definition) is 3. The van der Waals surface area contributed by atoms with Gasteiger partial charge in [-0.05, 0) is 43.1 Å². The molecule has 8 heteroatoms. The number of carbonyl (C=O) groups excluding carboxylic acids is 2. The van der Waals surface area contributed by atoms with E-state index in [-0.39, 0.29) is 66.6 Å². The fraction of sp³-hybridized carbons (Fsp3) is 0.739. The van der Waals surface area contributed by atoms with Gasteiger partial charge in [-0.25, -0.2) is 0 Å². The number of ether oxygens (including phenoxy) is 1. The summed E-state index contributed by atoms with van der Waals surface area (Å²) in [6, 6.07) is 0. The van der Waals surface area contributed by atoms with Gasteiger partial charge in [-0.15, -0.1) is 0 Å². The van der Waals surface area contributed by atoms with Crippen molar-refractivity contribution in [1.82, 2.24) is 0 Å². The topological polar surface area (TPSA) is 127 Å². The van der Waals surface area contributed by atoms with Crippen molar-refractivity contribution in [2.45, 2.75) is 83.6 Å². The average molecular weight is 450 g/mol. The van der Waals surface area contributed by atoms with Gasteiger partial charge in [0.25, 0.3) is 0 Å². The second-order valence-corrected chi connectivity index (χ2v) is 8.51. The summed E-state index contributed by atoms with van der Waals surface area (Å²) in [6.07, 6.45) is 2.36. The molecule has 0 heterocycles. The molecule has 0 aliphatic heterocycles. The molecular weight excluding hydrogens is 411 g/mol. The Hall–Kier alpha value is -0.700. The normalized spacial score (nSPS) is 32.1. The molecule has 0 radical (unpaired) electrons. The predicted molar refractivity (Wildman–Crippen MR) is 109 cm³/mol. The van der Waals surface area contributed by atoms with E-state index in [0.717, 1.165) is 5.57 Å².